The summed E-state index contributed by atoms with van der Waals surface area (Å²) in [5, 5.41) is 5.48. The first-order valence-corrected chi connectivity index (χ1v) is 11.8. The molecule has 1 aliphatic rings. The number of benzene rings is 3. The lowest BCUT2D eigenvalue weighted by molar-refractivity contribution is 0.0431. The van der Waals surface area contributed by atoms with Crippen molar-refractivity contribution in [3.05, 3.63) is 112 Å². The number of fused-ring (bicyclic) bond motifs is 1. The predicted molar refractivity (Wildman–Crippen MR) is 134 cm³/mol. The maximum atomic E-state index is 13.4. The van der Waals surface area contributed by atoms with Crippen LogP contribution in [0.4, 0.5) is 0 Å². The predicted octanol–water partition coefficient (Wildman–Crippen LogP) is 5.93. The monoisotopic (exact) mass is 471 g/mol. The molecule has 172 valence electrons. The van der Waals surface area contributed by atoms with E-state index < -0.39 is 0 Å². The highest BCUT2D eigenvalue weighted by Gasteiger charge is 2.33. The van der Waals surface area contributed by atoms with Gasteiger partial charge in [0.25, 0.3) is 5.91 Å². The molecular formula is C28H26ClN3O2. The van der Waals surface area contributed by atoms with Crippen LogP contribution in [0.15, 0.2) is 84.9 Å². The molecule has 1 amide bonds. The lowest BCUT2D eigenvalue weighted by Gasteiger charge is -2.33. The van der Waals surface area contributed by atoms with Crippen molar-refractivity contribution in [1.82, 2.24) is 14.7 Å². The molecule has 2 heterocycles. The zero-order valence-electron chi connectivity index (χ0n) is 19.0. The van der Waals surface area contributed by atoms with Crippen LogP contribution in [0.3, 0.4) is 0 Å². The molecule has 4 aromatic rings. The molecule has 0 bridgehead atoms. The zero-order chi connectivity index (χ0) is 23.5. The lowest BCUT2D eigenvalue weighted by Crippen LogP contribution is -2.44. The van der Waals surface area contributed by atoms with Gasteiger partial charge < -0.3 is 9.64 Å². The number of halogens is 1. The Hall–Kier alpha value is -3.41. The Kier molecular flexibility index (Phi) is 6.48. The van der Waals surface area contributed by atoms with Crippen LogP contribution in [0.5, 0.6) is 0 Å². The standard InChI is InChI=1S/C28H26ClN3O2/c1-20-6-5-9-22(14-20)16-31-17-25(19-34-18-21-7-3-2-4-8-21)32-27(28(31)33)15-26(30-32)23-10-12-24(29)13-11-23/h2-15,25H,16-19H2,1H3. The second-order valence-corrected chi connectivity index (χ2v) is 9.13. The van der Waals surface area contributed by atoms with Crippen LogP contribution in [0.1, 0.15) is 33.2 Å². The molecule has 1 unspecified atom stereocenters. The summed E-state index contributed by atoms with van der Waals surface area (Å²) in [6.45, 7) is 4.13. The van der Waals surface area contributed by atoms with Crippen molar-refractivity contribution in [2.75, 3.05) is 13.2 Å². The fourth-order valence-corrected chi connectivity index (χ4v) is 4.47. The maximum absolute atomic E-state index is 13.4. The molecule has 0 saturated heterocycles. The number of aryl methyl sites for hydroxylation is 1. The molecule has 6 heteroatoms. The summed E-state index contributed by atoms with van der Waals surface area (Å²) in [6.07, 6.45) is 0. The number of carbonyl (C=O) groups excluding carboxylic acids is 1. The van der Waals surface area contributed by atoms with Crippen molar-refractivity contribution in [2.45, 2.75) is 26.1 Å². The summed E-state index contributed by atoms with van der Waals surface area (Å²) in [7, 11) is 0. The Bertz CT molecular complexity index is 1280. The van der Waals surface area contributed by atoms with Gasteiger partial charge in [-0.15, -0.1) is 0 Å². The molecule has 0 N–H and O–H groups in total. The van der Waals surface area contributed by atoms with Crippen LogP contribution in [-0.4, -0.2) is 33.7 Å². The van der Waals surface area contributed by atoms with E-state index in [9.17, 15) is 4.79 Å². The summed E-state index contributed by atoms with van der Waals surface area (Å²) < 4.78 is 7.92. The molecule has 3 aromatic carbocycles. The van der Waals surface area contributed by atoms with Crippen LogP contribution >= 0.6 is 11.6 Å². The first kappa shape index (κ1) is 22.4. The third-order valence-electron chi connectivity index (χ3n) is 6.04. The van der Waals surface area contributed by atoms with E-state index in [2.05, 4.69) is 25.1 Å². The first-order valence-electron chi connectivity index (χ1n) is 11.4. The van der Waals surface area contributed by atoms with Gasteiger partial charge >= 0.3 is 0 Å². The number of hydrogen-bond acceptors (Lipinski definition) is 3. The van der Waals surface area contributed by atoms with Crippen LogP contribution in [0.2, 0.25) is 5.02 Å². The second kappa shape index (κ2) is 9.84. The van der Waals surface area contributed by atoms with E-state index in [0.29, 0.717) is 37.0 Å². The first-order chi connectivity index (χ1) is 16.6. The van der Waals surface area contributed by atoms with Crippen molar-refractivity contribution in [3.8, 4) is 11.3 Å². The number of nitrogens with zero attached hydrogens (tertiary/aromatic N) is 3. The molecule has 1 aliphatic heterocycles. The molecule has 0 radical (unpaired) electrons. The average molecular weight is 472 g/mol. The van der Waals surface area contributed by atoms with Crippen LogP contribution < -0.4 is 0 Å². The number of carbonyl (C=O) groups is 1. The van der Waals surface area contributed by atoms with Crippen molar-refractivity contribution < 1.29 is 9.53 Å². The molecule has 34 heavy (non-hydrogen) atoms. The van der Waals surface area contributed by atoms with Crippen molar-refractivity contribution in [2.24, 2.45) is 0 Å². The summed E-state index contributed by atoms with van der Waals surface area (Å²) in [6, 6.07) is 27.7. The van der Waals surface area contributed by atoms with Crippen molar-refractivity contribution in [3.63, 3.8) is 0 Å². The normalized spacial score (nSPS) is 15.4. The quantitative estimate of drug-likeness (QED) is 0.336. The fourth-order valence-electron chi connectivity index (χ4n) is 4.35. The van der Waals surface area contributed by atoms with E-state index in [1.54, 1.807) is 0 Å². The maximum Gasteiger partial charge on any atom is 0.272 e. The van der Waals surface area contributed by atoms with Crippen LogP contribution in [0, 0.1) is 6.92 Å². The zero-order valence-corrected chi connectivity index (χ0v) is 19.8. The Morgan fingerprint density at radius 3 is 2.50 bits per heavy atom. The summed E-state index contributed by atoms with van der Waals surface area (Å²) >= 11 is 6.06. The molecule has 0 saturated carbocycles. The molecule has 0 spiro atoms. The van der Waals surface area contributed by atoms with Gasteiger partial charge in [-0.25, -0.2) is 0 Å². The van der Waals surface area contributed by atoms with Gasteiger partial charge in [0.1, 0.15) is 5.69 Å². The number of aromatic nitrogens is 2. The molecule has 0 fully saturated rings. The largest absolute Gasteiger partial charge is 0.374 e. The molecular weight excluding hydrogens is 446 g/mol. The van der Waals surface area contributed by atoms with Gasteiger partial charge in [0, 0.05) is 23.7 Å². The Labute approximate surface area is 204 Å². The summed E-state index contributed by atoms with van der Waals surface area (Å²) in [5.74, 6) is -0.0199. The minimum absolute atomic E-state index is 0.0199. The highest BCUT2D eigenvalue weighted by Crippen LogP contribution is 2.28. The highest BCUT2D eigenvalue weighted by molar-refractivity contribution is 6.30. The van der Waals surface area contributed by atoms with E-state index in [1.165, 1.54) is 5.56 Å². The Morgan fingerprint density at radius 1 is 0.971 bits per heavy atom. The Morgan fingerprint density at radius 2 is 1.74 bits per heavy atom. The second-order valence-electron chi connectivity index (χ2n) is 8.70. The topological polar surface area (TPSA) is 47.4 Å². The number of hydrogen-bond donors (Lipinski definition) is 0. The molecule has 1 aromatic heterocycles. The third kappa shape index (κ3) is 4.91. The van der Waals surface area contributed by atoms with E-state index in [-0.39, 0.29) is 11.9 Å². The van der Waals surface area contributed by atoms with Gasteiger partial charge in [-0.1, -0.05) is 83.9 Å². The number of rotatable bonds is 7. The Balaban J connectivity index is 1.42. The van der Waals surface area contributed by atoms with Gasteiger partial charge in [-0.3, -0.25) is 9.48 Å². The molecule has 1 atom stereocenters. The van der Waals surface area contributed by atoms with Crippen molar-refractivity contribution >= 4 is 17.5 Å². The van der Waals surface area contributed by atoms with Gasteiger partial charge in [0.2, 0.25) is 0 Å². The molecule has 0 aliphatic carbocycles. The van der Waals surface area contributed by atoms with E-state index in [4.69, 9.17) is 21.4 Å². The average Bonchev–Trinajstić information content (AvgIpc) is 3.29. The SMILES string of the molecule is Cc1cccc(CN2CC(COCc3ccccc3)n3nc(-c4ccc(Cl)cc4)cc3C2=O)c1. The molecule has 5 rings (SSSR count). The highest BCUT2D eigenvalue weighted by atomic mass is 35.5. The van der Waals surface area contributed by atoms with Crippen LogP contribution in [-0.2, 0) is 17.9 Å². The van der Waals surface area contributed by atoms with Crippen LogP contribution in [0.25, 0.3) is 11.3 Å². The fraction of sp³-hybridized carbons (Fsp3) is 0.214. The van der Waals surface area contributed by atoms with E-state index in [0.717, 1.165) is 22.4 Å². The van der Waals surface area contributed by atoms with E-state index >= 15 is 0 Å². The summed E-state index contributed by atoms with van der Waals surface area (Å²) in [4.78, 5) is 15.3. The summed E-state index contributed by atoms with van der Waals surface area (Å²) in [5.41, 5.74) is 5.67. The number of amides is 1. The van der Waals surface area contributed by atoms with Crippen molar-refractivity contribution in [1.29, 1.82) is 0 Å². The third-order valence-corrected chi connectivity index (χ3v) is 6.29. The van der Waals surface area contributed by atoms with Gasteiger partial charge in [-0.2, -0.15) is 5.10 Å². The van der Waals surface area contributed by atoms with Gasteiger partial charge in [0.15, 0.2) is 0 Å². The van der Waals surface area contributed by atoms with Gasteiger partial charge in [-0.05, 0) is 36.2 Å². The minimum Gasteiger partial charge on any atom is -0.374 e. The lowest BCUT2D eigenvalue weighted by atomic mass is 10.1. The smallest absolute Gasteiger partial charge is 0.272 e. The molecule has 5 nitrogen and oxygen atoms in total. The van der Waals surface area contributed by atoms with E-state index in [1.807, 2.05) is 76.3 Å². The van der Waals surface area contributed by atoms with Gasteiger partial charge in [0.05, 0.1) is 24.9 Å². The number of ether oxygens (including phenoxy) is 1. The minimum atomic E-state index is -0.0812.